The van der Waals surface area contributed by atoms with Crippen LogP contribution in [-0.2, 0) is 12.0 Å². The smallest absolute Gasteiger partial charge is 0.346 e. The summed E-state index contributed by atoms with van der Waals surface area (Å²) >= 11 is 3.03. The average molecular weight is 295 g/mol. The lowest BCUT2D eigenvalue weighted by Crippen LogP contribution is -2.32. The van der Waals surface area contributed by atoms with Crippen molar-refractivity contribution >= 4 is 28.6 Å². The molecule has 2 aromatic heterocycles. The highest BCUT2D eigenvalue weighted by molar-refractivity contribution is 7.12. The van der Waals surface area contributed by atoms with E-state index in [0.29, 0.717) is 11.4 Å². The van der Waals surface area contributed by atoms with Crippen LogP contribution in [0.4, 0.5) is 0 Å². The first-order chi connectivity index (χ1) is 9.00. The van der Waals surface area contributed by atoms with E-state index in [9.17, 15) is 4.79 Å². The lowest BCUT2D eigenvalue weighted by Gasteiger charge is -2.23. The molecule has 5 heteroatoms. The second kappa shape index (κ2) is 5.86. The molecule has 2 aromatic rings. The van der Waals surface area contributed by atoms with Crippen LogP contribution in [0, 0.1) is 0 Å². The molecule has 0 aliphatic carbocycles. The van der Waals surface area contributed by atoms with Crippen molar-refractivity contribution in [3.63, 3.8) is 0 Å². The molecule has 2 heterocycles. The molecule has 0 saturated carbocycles. The Hall–Kier alpha value is -1.17. The fourth-order valence-electron chi connectivity index (χ4n) is 1.92. The number of hydrogen-bond donors (Lipinski definition) is 2. The highest BCUT2D eigenvalue weighted by Crippen LogP contribution is 2.26. The predicted molar refractivity (Wildman–Crippen MR) is 80.3 cm³/mol. The van der Waals surface area contributed by atoms with Crippen molar-refractivity contribution in [1.82, 2.24) is 5.32 Å². The Labute approximate surface area is 120 Å². The molecule has 3 nitrogen and oxygen atoms in total. The van der Waals surface area contributed by atoms with Gasteiger partial charge in [-0.1, -0.05) is 19.9 Å². The number of rotatable bonds is 6. The van der Waals surface area contributed by atoms with Crippen molar-refractivity contribution in [3.8, 4) is 0 Å². The fraction of sp³-hybridized carbons (Fsp3) is 0.357. The molecule has 2 rings (SSSR count). The van der Waals surface area contributed by atoms with Gasteiger partial charge < -0.3 is 10.4 Å². The number of carboxylic acid groups (broad SMARTS) is 1. The molecule has 0 aliphatic heterocycles. The van der Waals surface area contributed by atoms with Crippen LogP contribution in [0.5, 0.6) is 0 Å². The van der Waals surface area contributed by atoms with Gasteiger partial charge in [0.2, 0.25) is 0 Å². The molecular weight excluding hydrogens is 278 g/mol. The van der Waals surface area contributed by atoms with Crippen molar-refractivity contribution in [1.29, 1.82) is 0 Å². The molecule has 0 amide bonds. The summed E-state index contributed by atoms with van der Waals surface area (Å²) in [5, 5.41) is 16.3. The molecule has 0 unspecified atom stereocenters. The minimum Gasteiger partial charge on any atom is -0.477 e. The molecule has 0 bridgehead atoms. The third-order valence-electron chi connectivity index (χ3n) is 3.01. The number of carboxylic acids is 1. The van der Waals surface area contributed by atoms with Crippen molar-refractivity contribution in [2.24, 2.45) is 0 Å². The summed E-state index contributed by atoms with van der Waals surface area (Å²) in [4.78, 5) is 12.8. The maximum atomic E-state index is 11.0. The minimum atomic E-state index is -0.843. The zero-order chi connectivity index (χ0) is 13.9. The number of thiophene rings is 2. The molecule has 0 aliphatic rings. The second-order valence-corrected chi connectivity index (χ2v) is 6.91. The summed E-state index contributed by atoms with van der Waals surface area (Å²) in [6.45, 7) is 5.80. The Morgan fingerprint density at radius 3 is 2.74 bits per heavy atom. The summed E-state index contributed by atoms with van der Waals surface area (Å²) in [6, 6.07) is 6.07. The van der Waals surface area contributed by atoms with Crippen LogP contribution in [0.25, 0.3) is 0 Å². The van der Waals surface area contributed by atoms with Gasteiger partial charge in [0.1, 0.15) is 4.88 Å². The van der Waals surface area contributed by atoms with Gasteiger partial charge in [0, 0.05) is 23.4 Å². The highest BCUT2D eigenvalue weighted by atomic mass is 32.1. The SMILES string of the molecule is CC(C)(CNCc1ccsc1C(=O)O)c1cccs1. The number of aromatic carboxylic acids is 1. The normalized spacial score (nSPS) is 11.7. The first kappa shape index (κ1) is 14.2. The minimum absolute atomic E-state index is 0.0631. The van der Waals surface area contributed by atoms with Crippen LogP contribution >= 0.6 is 22.7 Å². The third-order valence-corrected chi connectivity index (χ3v) is 5.19. The van der Waals surface area contributed by atoms with Crippen molar-refractivity contribution < 1.29 is 9.90 Å². The lowest BCUT2D eigenvalue weighted by atomic mass is 9.91. The van der Waals surface area contributed by atoms with E-state index in [1.165, 1.54) is 16.2 Å². The van der Waals surface area contributed by atoms with Gasteiger partial charge in [0.15, 0.2) is 0 Å². The van der Waals surface area contributed by atoms with Gasteiger partial charge in [-0.05, 0) is 28.5 Å². The fourth-order valence-corrected chi connectivity index (χ4v) is 3.54. The molecule has 2 N–H and O–H groups in total. The van der Waals surface area contributed by atoms with Crippen LogP contribution in [0.2, 0.25) is 0 Å². The molecule has 0 fully saturated rings. The van der Waals surface area contributed by atoms with E-state index in [1.54, 1.807) is 11.3 Å². The predicted octanol–water partition coefficient (Wildman–Crippen LogP) is 3.58. The van der Waals surface area contributed by atoms with E-state index in [0.717, 1.165) is 12.1 Å². The van der Waals surface area contributed by atoms with Crippen molar-refractivity contribution in [2.75, 3.05) is 6.54 Å². The van der Waals surface area contributed by atoms with Crippen LogP contribution in [-0.4, -0.2) is 17.6 Å². The Morgan fingerprint density at radius 1 is 1.32 bits per heavy atom. The standard InChI is InChI=1S/C14H17NO2S2/c1-14(2,11-4-3-6-18-11)9-15-8-10-5-7-19-12(10)13(16)17/h3-7,15H,8-9H2,1-2H3,(H,16,17). The summed E-state index contributed by atoms with van der Waals surface area (Å²) in [5.74, 6) is -0.843. The highest BCUT2D eigenvalue weighted by Gasteiger charge is 2.21. The zero-order valence-electron chi connectivity index (χ0n) is 11.0. The molecule has 19 heavy (non-hydrogen) atoms. The van der Waals surface area contributed by atoms with Gasteiger partial charge in [-0.25, -0.2) is 4.79 Å². The molecular formula is C14H17NO2S2. The first-order valence-corrected chi connectivity index (χ1v) is 7.81. The summed E-state index contributed by atoms with van der Waals surface area (Å²) in [7, 11) is 0. The first-order valence-electron chi connectivity index (χ1n) is 6.05. The van der Waals surface area contributed by atoms with E-state index >= 15 is 0 Å². The van der Waals surface area contributed by atoms with Gasteiger partial charge in [-0.15, -0.1) is 22.7 Å². The lowest BCUT2D eigenvalue weighted by molar-refractivity contribution is 0.0701. The molecule has 0 atom stereocenters. The molecule has 0 spiro atoms. The van der Waals surface area contributed by atoms with Gasteiger partial charge in [-0.3, -0.25) is 0 Å². The van der Waals surface area contributed by atoms with E-state index in [2.05, 4.69) is 36.7 Å². The van der Waals surface area contributed by atoms with E-state index in [1.807, 2.05) is 11.4 Å². The topological polar surface area (TPSA) is 49.3 Å². The third kappa shape index (κ3) is 3.43. The van der Waals surface area contributed by atoms with Crippen LogP contribution in [0.1, 0.15) is 34.0 Å². The zero-order valence-corrected chi connectivity index (χ0v) is 12.6. The summed E-state index contributed by atoms with van der Waals surface area (Å²) in [6.07, 6.45) is 0. The van der Waals surface area contributed by atoms with Crippen molar-refractivity contribution in [3.05, 3.63) is 44.3 Å². The Bertz CT molecular complexity index is 544. The molecule has 102 valence electrons. The van der Waals surface area contributed by atoms with Gasteiger partial charge in [0.25, 0.3) is 0 Å². The maximum absolute atomic E-state index is 11.0. The number of nitrogens with one attached hydrogen (secondary N) is 1. The van der Waals surface area contributed by atoms with E-state index < -0.39 is 5.97 Å². The number of carbonyl (C=O) groups is 1. The largest absolute Gasteiger partial charge is 0.477 e. The average Bonchev–Trinajstić information content (AvgIpc) is 2.99. The van der Waals surface area contributed by atoms with Gasteiger partial charge >= 0.3 is 5.97 Å². The maximum Gasteiger partial charge on any atom is 0.346 e. The summed E-state index contributed by atoms with van der Waals surface area (Å²) < 4.78 is 0. The van der Waals surface area contributed by atoms with E-state index in [-0.39, 0.29) is 5.41 Å². The van der Waals surface area contributed by atoms with Gasteiger partial charge in [-0.2, -0.15) is 0 Å². The Morgan fingerprint density at radius 2 is 2.11 bits per heavy atom. The van der Waals surface area contributed by atoms with E-state index in [4.69, 9.17) is 5.11 Å². The van der Waals surface area contributed by atoms with Crippen LogP contribution in [0.15, 0.2) is 29.0 Å². The van der Waals surface area contributed by atoms with Crippen LogP contribution in [0.3, 0.4) is 0 Å². The quantitative estimate of drug-likeness (QED) is 0.856. The second-order valence-electron chi connectivity index (χ2n) is 5.04. The Balaban J connectivity index is 1.93. The number of hydrogen-bond acceptors (Lipinski definition) is 4. The van der Waals surface area contributed by atoms with Crippen LogP contribution < -0.4 is 5.32 Å². The monoisotopic (exact) mass is 295 g/mol. The molecule has 0 aromatic carbocycles. The molecule has 0 saturated heterocycles. The Kier molecular flexibility index (Phi) is 4.39. The van der Waals surface area contributed by atoms with Gasteiger partial charge in [0.05, 0.1) is 0 Å². The van der Waals surface area contributed by atoms with Crippen molar-refractivity contribution in [2.45, 2.75) is 25.8 Å². The molecule has 0 radical (unpaired) electrons. The summed E-state index contributed by atoms with van der Waals surface area (Å²) in [5.41, 5.74) is 0.924.